The number of piperazine rings is 1. The summed E-state index contributed by atoms with van der Waals surface area (Å²) in [5, 5.41) is 3.42. The van der Waals surface area contributed by atoms with E-state index in [-0.39, 0.29) is 0 Å². The van der Waals surface area contributed by atoms with E-state index in [2.05, 4.69) is 50.0 Å². The van der Waals surface area contributed by atoms with Gasteiger partial charge in [0.15, 0.2) is 0 Å². The molecular formula is C17H28N2. The molecule has 106 valence electrons. The fourth-order valence-corrected chi connectivity index (χ4v) is 3.01. The van der Waals surface area contributed by atoms with Crippen LogP contribution in [0.3, 0.4) is 0 Å². The molecule has 0 bridgehead atoms. The maximum absolute atomic E-state index is 3.42. The Morgan fingerprint density at radius 3 is 2.37 bits per heavy atom. The van der Waals surface area contributed by atoms with Gasteiger partial charge in [-0.3, -0.25) is 0 Å². The fraction of sp³-hybridized carbons (Fsp3) is 0.647. The van der Waals surface area contributed by atoms with E-state index in [1.807, 2.05) is 0 Å². The van der Waals surface area contributed by atoms with Gasteiger partial charge in [-0.05, 0) is 55.4 Å². The molecule has 19 heavy (non-hydrogen) atoms. The molecule has 2 nitrogen and oxygen atoms in total. The van der Waals surface area contributed by atoms with Crippen LogP contribution in [0.5, 0.6) is 0 Å². The van der Waals surface area contributed by atoms with Crippen molar-refractivity contribution in [2.75, 3.05) is 32.7 Å². The SMILES string of the molecule is Cc1cc(C)c(CC(C)CN2CCNCC2)cc1C. The van der Waals surface area contributed by atoms with E-state index < -0.39 is 0 Å². The number of nitrogens with zero attached hydrogens (tertiary/aromatic N) is 1. The average Bonchev–Trinajstić information content (AvgIpc) is 2.37. The average molecular weight is 260 g/mol. The van der Waals surface area contributed by atoms with Crippen molar-refractivity contribution in [2.45, 2.75) is 34.1 Å². The smallest absolute Gasteiger partial charge is 0.0107 e. The predicted molar refractivity (Wildman–Crippen MR) is 82.8 cm³/mol. The Balaban J connectivity index is 1.94. The van der Waals surface area contributed by atoms with Gasteiger partial charge in [-0.15, -0.1) is 0 Å². The van der Waals surface area contributed by atoms with Crippen LogP contribution >= 0.6 is 0 Å². The van der Waals surface area contributed by atoms with Gasteiger partial charge < -0.3 is 10.2 Å². The molecule has 2 rings (SSSR count). The fourth-order valence-electron chi connectivity index (χ4n) is 3.01. The first-order chi connectivity index (χ1) is 9.06. The Bertz CT molecular complexity index is 420. The zero-order valence-corrected chi connectivity index (χ0v) is 12.9. The van der Waals surface area contributed by atoms with Crippen molar-refractivity contribution in [2.24, 2.45) is 5.92 Å². The first-order valence-corrected chi connectivity index (χ1v) is 7.56. The Kier molecular flexibility index (Phi) is 5.00. The molecule has 1 fully saturated rings. The maximum Gasteiger partial charge on any atom is 0.0107 e. The van der Waals surface area contributed by atoms with Gasteiger partial charge in [0.25, 0.3) is 0 Å². The van der Waals surface area contributed by atoms with Crippen LogP contribution in [0, 0.1) is 26.7 Å². The van der Waals surface area contributed by atoms with Crippen molar-refractivity contribution in [3.05, 3.63) is 34.4 Å². The Morgan fingerprint density at radius 2 is 1.68 bits per heavy atom. The Morgan fingerprint density at radius 1 is 1.05 bits per heavy atom. The standard InChI is InChI=1S/C17H28N2/c1-13(12-19-7-5-18-6-8-19)9-17-11-15(3)14(2)10-16(17)4/h10-11,13,18H,5-9,12H2,1-4H3. The molecule has 0 saturated carbocycles. The number of benzene rings is 1. The van der Waals surface area contributed by atoms with Crippen molar-refractivity contribution >= 4 is 0 Å². The van der Waals surface area contributed by atoms with Crippen molar-refractivity contribution in [1.82, 2.24) is 10.2 Å². The topological polar surface area (TPSA) is 15.3 Å². The molecule has 1 N–H and O–H groups in total. The minimum Gasteiger partial charge on any atom is -0.314 e. The van der Waals surface area contributed by atoms with Crippen LogP contribution in [0.15, 0.2) is 12.1 Å². The zero-order chi connectivity index (χ0) is 13.8. The van der Waals surface area contributed by atoms with Crippen LogP contribution in [0.25, 0.3) is 0 Å². The summed E-state index contributed by atoms with van der Waals surface area (Å²) in [6, 6.07) is 4.72. The zero-order valence-electron chi connectivity index (χ0n) is 12.9. The summed E-state index contributed by atoms with van der Waals surface area (Å²) in [7, 11) is 0. The lowest BCUT2D eigenvalue weighted by molar-refractivity contribution is 0.211. The third-order valence-electron chi connectivity index (χ3n) is 4.30. The molecule has 0 aromatic heterocycles. The number of nitrogens with one attached hydrogen (secondary N) is 1. The minimum absolute atomic E-state index is 0.735. The molecule has 0 spiro atoms. The molecule has 1 unspecified atom stereocenters. The van der Waals surface area contributed by atoms with E-state index in [1.54, 1.807) is 0 Å². The Labute approximate surface area is 118 Å². The molecule has 1 heterocycles. The molecular weight excluding hydrogens is 232 g/mol. The lowest BCUT2D eigenvalue weighted by atomic mass is 9.93. The van der Waals surface area contributed by atoms with Crippen LogP contribution < -0.4 is 5.32 Å². The summed E-state index contributed by atoms with van der Waals surface area (Å²) in [4.78, 5) is 2.59. The highest BCUT2D eigenvalue weighted by Gasteiger charge is 2.14. The number of hydrogen-bond donors (Lipinski definition) is 1. The highest BCUT2D eigenvalue weighted by Crippen LogP contribution is 2.19. The van der Waals surface area contributed by atoms with Gasteiger partial charge in [-0.25, -0.2) is 0 Å². The van der Waals surface area contributed by atoms with Gasteiger partial charge in [0.2, 0.25) is 0 Å². The quantitative estimate of drug-likeness (QED) is 0.895. The highest BCUT2D eigenvalue weighted by molar-refractivity contribution is 5.36. The Hall–Kier alpha value is -0.860. The molecule has 1 atom stereocenters. The second kappa shape index (κ2) is 6.53. The third-order valence-corrected chi connectivity index (χ3v) is 4.30. The minimum atomic E-state index is 0.735. The normalized spacial score (nSPS) is 18.5. The first-order valence-electron chi connectivity index (χ1n) is 7.56. The van der Waals surface area contributed by atoms with Gasteiger partial charge in [0, 0.05) is 32.7 Å². The molecule has 1 aromatic carbocycles. The van der Waals surface area contributed by atoms with E-state index in [0.29, 0.717) is 0 Å². The summed E-state index contributed by atoms with van der Waals surface area (Å²) in [5.41, 5.74) is 5.83. The van der Waals surface area contributed by atoms with Crippen LogP contribution in [-0.2, 0) is 6.42 Å². The van der Waals surface area contributed by atoms with Gasteiger partial charge in [0.05, 0.1) is 0 Å². The molecule has 1 aliphatic rings. The van der Waals surface area contributed by atoms with Crippen LogP contribution in [-0.4, -0.2) is 37.6 Å². The van der Waals surface area contributed by atoms with Crippen molar-refractivity contribution < 1.29 is 0 Å². The van der Waals surface area contributed by atoms with Crippen molar-refractivity contribution in [3.8, 4) is 0 Å². The second-order valence-electron chi connectivity index (χ2n) is 6.22. The van der Waals surface area contributed by atoms with E-state index in [9.17, 15) is 0 Å². The first kappa shape index (κ1) is 14.5. The lowest BCUT2D eigenvalue weighted by Crippen LogP contribution is -2.45. The molecule has 0 radical (unpaired) electrons. The summed E-state index contributed by atoms with van der Waals surface area (Å²) < 4.78 is 0. The van der Waals surface area contributed by atoms with Gasteiger partial charge >= 0.3 is 0 Å². The number of aryl methyl sites for hydroxylation is 3. The van der Waals surface area contributed by atoms with Crippen molar-refractivity contribution in [1.29, 1.82) is 0 Å². The predicted octanol–water partition coefficient (Wildman–Crippen LogP) is 2.70. The summed E-state index contributed by atoms with van der Waals surface area (Å²) >= 11 is 0. The second-order valence-corrected chi connectivity index (χ2v) is 6.22. The van der Waals surface area contributed by atoms with Crippen LogP contribution in [0.2, 0.25) is 0 Å². The van der Waals surface area contributed by atoms with Crippen LogP contribution in [0.4, 0.5) is 0 Å². The highest BCUT2D eigenvalue weighted by atomic mass is 15.2. The number of hydrogen-bond acceptors (Lipinski definition) is 2. The summed E-state index contributed by atoms with van der Waals surface area (Å²) in [6.07, 6.45) is 1.21. The molecule has 0 aliphatic carbocycles. The molecule has 0 amide bonds. The molecule has 1 aromatic rings. The van der Waals surface area contributed by atoms with Gasteiger partial charge in [0.1, 0.15) is 0 Å². The molecule has 2 heteroatoms. The lowest BCUT2D eigenvalue weighted by Gasteiger charge is -2.30. The largest absolute Gasteiger partial charge is 0.314 e. The van der Waals surface area contributed by atoms with Crippen LogP contribution in [0.1, 0.15) is 29.2 Å². The maximum atomic E-state index is 3.42. The van der Waals surface area contributed by atoms with Gasteiger partial charge in [-0.2, -0.15) is 0 Å². The van der Waals surface area contributed by atoms with E-state index in [4.69, 9.17) is 0 Å². The van der Waals surface area contributed by atoms with E-state index in [0.717, 1.165) is 19.0 Å². The monoisotopic (exact) mass is 260 g/mol. The van der Waals surface area contributed by atoms with Gasteiger partial charge in [-0.1, -0.05) is 19.1 Å². The molecule has 1 saturated heterocycles. The third kappa shape index (κ3) is 4.05. The summed E-state index contributed by atoms with van der Waals surface area (Å²) in [5.74, 6) is 0.735. The number of rotatable bonds is 4. The van der Waals surface area contributed by atoms with Crippen molar-refractivity contribution in [3.63, 3.8) is 0 Å². The van der Waals surface area contributed by atoms with E-state index >= 15 is 0 Å². The van der Waals surface area contributed by atoms with E-state index in [1.165, 1.54) is 48.3 Å². The summed E-state index contributed by atoms with van der Waals surface area (Å²) in [6.45, 7) is 15.0. The molecule has 1 aliphatic heterocycles.